The number of hydrazine groups is 2. The number of rotatable bonds is 5. The number of β-amino-alcohol motifs (C(OH)–C–C–N with tert-alkyl or cyclic N) is 1. The second-order valence-electron chi connectivity index (χ2n) is 14.7. The molecule has 276 valence electrons. The summed E-state index contributed by atoms with van der Waals surface area (Å²) in [7, 11) is 1.49. The fourth-order valence-electron chi connectivity index (χ4n) is 7.01. The van der Waals surface area contributed by atoms with Gasteiger partial charge >= 0.3 is 5.97 Å². The molecular weight excluding hydrogens is 658 g/mol. The van der Waals surface area contributed by atoms with Gasteiger partial charge in [-0.05, 0) is 43.9 Å². The number of fused-ring (bicyclic) bond motifs is 3. The lowest BCUT2D eigenvalue weighted by Gasteiger charge is -2.45. The topological polar surface area (TPSA) is 181 Å². The molecule has 4 heterocycles. The molecule has 49 heavy (non-hydrogen) atoms. The van der Waals surface area contributed by atoms with Gasteiger partial charge in [0.25, 0.3) is 11.8 Å². The summed E-state index contributed by atoms with van der Waals surface area (Å²) in [6.07, 6.45) is -0.714. The summed E-state index contributed by atoms with van der Waals surface area (Å²) >= 11 is 6.52. The molecule has 0 bridgehead atoms. The van der Waals surface area contributed by atoms with Crippen LogP contribution >= 0.6 is 11.6 Å². The van der Waals surface area contributed by atoms with Crippen LogP contribution in [0.1, 0.15) is 80.1 Å². The minimum absolute atomic E-state index is 0.0168. The van der Waals surface area contributed by atoms with Gasteiger partial charge in [-0.2, -0.15) is 0 Å². The minimum Gasteiger partial charge on any atom is -0.450 e. The highest BCUT2D eigenvalue weighted by Gasteiger charge is 2.49. The van der Waals surface area contributed by atoms with Crippen molar-refractivity contribution in [2.45, 2.75) is 128 Å². The van der Waals surface area contributed by atoms with Gasteiger partial charge in [0.15, 0.2) is 6.10 Å². The number of likely N-dealkylation sites (N-methyl/N-ethyl adjacent to an activating group) is 1. The predicted molar refractivity (Wildman–Crippen MR) is 179 cm³/mol. The summed E-state index contributed by atoms with van der Waals surface area (Å²) in [5, 5.41) is 15.2. The van der Waals surface area contributed by atoms with E-state index in [9.17, 15) is 33.9 Å². The van der Waals surface area contributed by atoms with E-state index in [0.29, 0.717) is 19.3 Å². The number of carbonyl (C=O) groups excluding carboxylic acids is 6. The quantitative estimate of drug-likeness (QED) is 0.226. The molecule has 4 aliphatic rings. The fourth-order valence-corrected chi connectivity index (χ4v) is 7.24. The van der Waals surface area contributed by atoms with Gasteiger partial charge in [-0.1, -0.05) is 41.5 Å². The highest BCUT2D eigenvalue weighted by molar-refractivity contribution is 6.21. The molecule has 0 spiro atoms. The molecule has 4 aliphatic heterocycles. The molecule has 9 atom stereocenters. The van der Waals surface area contributed by atoms with Crippen LogP contribution in [0.25, 0.3) is 0 Å². The highest BCUT2D eigenvalue weighted by Crippen LogP contribution is 2.28. The highest BCUT2D eigenvalue weighted by atomic mass is 35.5. The van der Waals surface area contributed by atoms with E-state index in [-0.39, 0.29) is 44.8 Å². The lowest BCUT2D eigenvalue weighted by Crippen LogP contribution is -2.70. The molecule has 15 nitrogen and oxygen atoms in total. The zero-order valence-electron chi connectivity index (χ0n) is 29.7. The molecule has 4 saturated heterocycles. The second-order valence-corrected chi connectivity index (χ2v) is 15.3. The van der Waals surface area contributed by atoms with Gasteiger partial charge in [-0.25, -0.2) is 15.6 Å². The van der Waals surface area contributed by atoms with Crippen LogP contribution in [-0.2, 0) is 33.5 Å². The molecule has 0 aromatic rings. The minimum atomic E-state index is -1.31. The van der Waals surface area contributed by atoms with Gasteiger partial charge in [0.05, 0.1) is 11.5 Å². The van der Waals surface area contributed by atoms with Gasteiger partial charge in [-0.3, -0.25) is 34.0 Å². The number of carbonyl (C=O) groups is 6. The Morgan fingerprint density at radius 3 is 2.14 bits per heavy atom. The number of aliphatic hydroxyl groups excluding tert-OH is 1. The van der Waals surface area contributed by atoms with E-state index in [4.69, 9.17) is 16.3 Å². The third-order valence-corrected chi connectivity index (χ3v) is 10.5. The molecule has 4 N–H and O–H groups in total. The molecule has 16 heteroatoms. The van der Waals surface area contributed by atoms with Gasteiger partial charge in [0.1, 0.15) is 30.2 Å². The molecule has 0 aromatic heterocycles. The number of nitrogens with zero attached hydrogens (tertiary/aromatic N) is 4. The van der Waals surface area contributed by atoms with Crippen molar-refractivity contribution in [3.05, 3.63) is 0 Å². The standard InChI is InChI=1S/C33H54ClN7O8/c1-8-19(6)27-32(47)41-24(13-20(34)15-35-41)31(46)40-25(14-21(42)16-36-40)29(44)38(7)23(12-17(2)3)30(45)39-11-9-10-22(39)28(43)37-26(18(4)5)33(48)49-27/h17-27,35-36,42H,8-16H2,1-7H3,(H,37,43)/t19?,20-,21-,22-,23+,24+,25-,26+,27-/m0/s1. The normalized spacial score (nSPS) is 33.5. The fraction of sp³-hybridized carbons (Fsp3) is 0.818. The molecule has 4 rings (SSSR count). The monoisotopic (exact) mass is 711 g/mol. The number of amides is 5. The van der Waals surface area contributed by atoms with Crippen molar-refractivity contribution in [1.29, 1.82) is 0 Å². The summed E-state index contributed by atoms with van der Waals surface area (Å²) < 4.78 is 5.91. The Morgan fingerprint density at radius 1 is 0.878 bits per heavy atom. The SMILES string of the molecule is CCC(C)[C@@H]1OC(=O)[C@@H](C(C)C)NC(=O)[C@@H]2CCCN2C(=O)[C@@H](CC(C)C)N(C)C(=O)[C@@H]2C[C@H](O)CNN2C(=O)[C@H]2C[C@H](Cl)CNN2C1=O. The number of ether oxygens (including phenoxy) is 1. The largest absolute Gasteiger partial charge is 0.450 e. The molecule has 1 unspecified atom stereocenters. The number of aliphatic hydroxyl groups is 1. The Morgan fingerprint density at radius 2 is 1.51 bits per heavy atom. The first-order valence-corrected chi connectivity index (χ1v) is 18.0. The van der Waals surface area contributed by atoms with Crippen molar-refractivity contribution >= 4 is 47.1 Å². The smallest absolute Gasteiger partial charge is 0.329 e. The van der Waals surface area contributed by atoms with Crippen LogP contribution in [0.15, 0.2) is 0 Å². The van der Waals surface area contributed by atoms with Crippen LogP contribution < -0.4 is 16.2 Å². The van der Waals surface area contributed by atoms with Crippen molar-refractivity contribution in [3.63, 3.8) is 0 Å². The Kier molecular flexibility index (Phi) is 12.9. The average Bonchev–Trinajstić information content (AvgIpc) is 3.56. The van der Waals surface area contributed by atoms with E-state index in [1.54, 1.807) is 20.8 Å². The van der Waals surface area contributed by atoms with Crippen LogP contribution in [-0.4, -0.2) is 135 Å². The van der Waals surface area contributed by atoms with Crippen molar-refractivity contribution in [3.8, 4) is 0 Å². The van der Waals surface area contributed by atoms with E-state index in [1.165, 1.54) is 16.8 Å². The number of halogens is 1. The van der Waals surface area contributed by atoms with E-state index in [1.807, 2.05) is 20.8 Å². The maximum absolute atomic E-state index is 14.4. The number of nitrogens with one attached hydrogen (secondary N) is 3. The first-order valence-electron chi connectivity index (χ1n) is 17.6. The van der Waals surface area contributed by atoms with Gasteiger partial charge in [0.2, 0.25) is 17.7 Å². The third kappa shape index (κ3) is 8.49. The number of cyclic esters (lactones) is 1. The van der Waals surface area contributed by atoms with E-state index in [2.05, 4.69) is 16.2 Å². The maximum Gasteiger partial charge on any atom is 0.329 e. The van der Waals surface area contributed by atoms with Crippen LogP contribution in [0.3, 0.4) is 0 Å². The molecule has 0 radical (unpaired) electrons. The van der Waals surface area contributed by atoms with E-state index in [0.717, 1.165) is 10.0 Å². The molecule has 4 fully saturated rings. The van der Waals surface area contributed by atoms with Crippen molar-refractivity contribution in [1.82, 2.24) is 36.0 Å². The maximum atomic E-state index is 14.4. The van der Waals surface area contributed by atoms with Crippen LogP contribution in [0, 0.1) is 17.8 Å². The Labute approximate surface area is 293 Å². The van der Waals surface area contributed by atoms with Crippen LogP contribution in [0.4, 0.5) is 0 Å². The van der Waals surface area contributed by atoms with Gasteiger partial charge in [-0.15, -0.1) is 11.6 Å². The Balaban J connectivity index is 1.84. The Hall–Kier alpha value is -3.01. The number of alkyl halides is 1. The number of esters is 1. The molecule has 5 amide bonds. The zero-order chi connectivity index (χ0) is 36.3. The number of hydrogen-bond acceptors (Lipinski definition) is 10. The van der Waals surface area contributed by atoms with E-state index >= 15 is 0 Å². The van der Waals surface area contributed by atoms with E-state index < -0.39 is 95.1 Å². The van der Waals surface area contributed by atoms with Crippen molar-refractivity contribution in [2.24, 2.45) is 17.8 Å². The summed E-state index contributed by atoms with van der Waals surface area (Å²) in [6.45, 7) is 11.3. The third-order valence-electron chi connectivity index (χ3n) is 10.1. The lowest BCUT2D eigenvalue weighted by molar-refractivity contribution is -0.175. The lowest BCUT2D eigenvalue weighted by atomic mass is 9.96. The van der Waals surface area contributed by atoms with Crippen molar-refractivity contribution in [2.75, 3.05) is 26.7 Å². The van der Waals surface area contributed by atoms with Crippen LogP contribution in [0.5, 0.6) is 0 Å². The Bertz CT molecular complexity index is 1270. The second kappa shape index (κ2) is 16.3. The van der Waals surface area contributed by atoms with Crippen LogP contribution in [0.2, 0.25) is 0 Å². The molecular formula is C33H54ClN7O8. The molecule has 0 aliphatic carbocycles. The summed E-state index contributed by atoms with van der Waals surface area (Å²) in [5.74, 6) is -4.52. The first-order chi connectivity index (χ1) is 23.1. The number of hydrogen-bond donors (Lipinski definition) is 4. The zero-order valence-corrected chi connectivity index (χ0v) is 30.4. The summed E-state index contributed by atoms with van der Waals surface area (Å²) in [4.78, 5) is 87.7. The molecule has 0 saturated carbocycles. The summed E-state index contributed by atoms with van der Waals surface area (Å²) in [5.41, 5.74) is 5.82. The van der Waals surface area contributed by atoms with Gasteiger partial charge < -0.3 is 25.0 Å². The van der Waals surface area contributed by atoms with Gasteiger partial charge in [0, 0.05) is 39.0 Å². The van der Waals surface area contributed by atoms with Crippen molar-refractivity contribution < 1.29 is 38.6 Å². The average molecular weight is 712 g/mol. The molecule has 0 aromatic carbocycles. The predicted octanol–water partition coefficient (Wildman–Crippen LogP) is 0.142. The summed E-state index contributed by atoms with van der Waals surface area (Å²) in [6, 6.07) is -5.40. The first kappa shape index (κ1) is 38.8.